The Morgan fingerprint density at radius 3 is 2.92 bits per heavy atom. The molecule has 1 rings (SSSR count). The van der Waals surface area contributed by atoms with E-state index in [4.69, 9.17) is 9.52 Å². The molecule has 64 valence electrons. The van der Waals surface area contributed by atoms with E-state index in [-0.39, 0.29) is 0 Å². The van der Waals surface area contributed by atoms with Gasteiger partial charge in [0.2, 0.25) is 0 Å². The standard InChI is InChI=1S/C9H10O3/c1-2-7-3-4-8(12-7)5-6-9(10)11/h3-6H,2H2,1H3,(H,10,11)/b6-5-. The van der Waals surface area contributed by atoms with Crippen LogP contribution in [0, 0.1) is 0 Å². The highest BCUT2D eigenvalue weighted by Gasteiger charge is 1.96. The van der Waals surface area contributed by atoms with Crippen LogP contribution >= 0.6 is 0 Å². The highest BCUT2D eigenvalue weighted by Crippen LogP contribution is 2.09. The van der Waals surface area contributed by atoms with Gasteiger partial charge in [-0.05, 0) is 18.2 Å². The number of hydrogen-bond acceptors (Lipinski definition) is 2. The molecule has 12 heavy (non-hydrogen) atoms. The van der Waals surface area contributed by atoms with Gasteiger partial charge in [-0.3, -0.25) is 0 Å². The smallest absolute Gasteiger partial charge is 0.328 e. The second-order valence-corrected chi connectivity index (χ2v) is 2.33. The van der Waals surface area contributed by atoms with Crippen molar-refractivity contribution in [3.05, 3.63) is 29.7 Å². The van der Waals surface area contributed by atoms with E-state index in [0.29, 0.717) is 5.76 Å². The Morgan fingerprint density at radius 1 is 1.67 bits per heavy atom. The van der Waals surface area contributed by atoms with Gasteiger partial charge in [0, 0.05) is 12.5 Å². The van der Waals surface area contributed by atoms with Gasteiger partial charge in [0.15, 0.2) is 0 Å². The van der Waals surface area contributed by atoms with E-state index in [1.807, 2.05) is 13.0 Å². The Balaban J connectivity index is 2.70. The molecule has 0 amide bonds. The first-order valence-electron chi connectivity index (χ1n) is 3.72. The summed E-state index contributed by atoms with van der Waals surface area (Å²) in [5.41, 5.74) is 0. The molecule has 3 nitrogen and oxygen atoms in total. The third-order valence-electron chi connectivity index (χ3n) is 1.42. The lowest BCUT2D eigenvalue weighted by molar-refractivity contribution is -0.131. The molecule has 0 bridgehead atoms. The summed E-state index contributed by atoms with van der Waals surface area (Å²) in [6.07, 6.45) is 3.31. The van der Waals surface area contributed by atoms with Gasteiger partial charge in [0.25, 0.3) is 0 Å². The minimum absolute atomic E-state index is 0.578. The maximum atomic E-state index is 10.1. The first-order chi connectivity index (χ1) is 5.72. The number of hydrogen-bond donors (Lipinski definition) is 1. The molecular formula is C9H10O3. The number of carbonyl (C=O) groups is 1. The number of aliphatic carboxylic acids is 1. The molecule has 0 saturated heterocycles. The van der Waals surface area contributed by atoms with Crippen molar-refractivity contribution in [2.45, 2.75) is 13.3 Å². The molecule has 0 radical (unpaired) electrons. The molecule has 0 saturated carbocycles. The zero-order valence-electron chi connectivity index (χ0n) is 6.78. The first kappa shape index (κ1) is 8.59. The largest absolute Gasteiger partial charge is 0.478 e. The molecule has 0 unspecified atom stereocenters. The number of aryl methyl sites for hydroxylation is 1. The van der Waals surface area contributed by atoms with Crippen LogP contribution in [0.25, 0.3) is 6.08 Å². The number of furan rings is 1. The average Bonchev–Trinajstić information content (AvgIpc) is 2.48. The quantitative estimate of drug-likeness (QED) is 0.698. The van der Waals surface area contributed by atoms with Gasteiger partial charge in [0.1, 0.15) is 11.5 Å². The molecule has 1 N–H and O–H groups in total. The van der Waals surface area contributed by atoms with Crippen molar-refractivity contribution in [2.24, 2.45) is 0 Å². The van der Waals surface area contributed by atoms with Crippen LogP contribution in [0.15, 0.2) is 22.6 Å². The van der Waals surface area contributed by atoms with E-state index >= 15 is 0 Å². The van der Waals surface area contributed by atoms with E-state index in [1.165, 1.54) is 6.08 Å². The van der Waals surface area contributed by atoms with Gasteiger partial charge in [-0.2, -0.15) is 0 Å². The van der Waals surface area contributed by atoms with Crippen LogP contribution in [0.3, 0.4) is 0 Å². The lowest BCUT2D eigenvalue weighted by Crippen LogP contribution is -1.84. The summed E-state index contributed by atoms with van der Waals surface area (Å²) in [6.45, 7) is 1.98. The second kappa shape index (κ2) is 3.76. The Hall–Kier alpha value is -1.51. The van der Waals surface area contributed by atoms with Crippen molar-refractivity contribution in [3.63, 3.8) is 0 Å². The molecule has 1 aromatic rings. The zero-order chi connectivity index (χ0) is 8.97. The summed E-state index contributed by atoms with van der Waals surface area (Å²) in [5, 5.41) is 8.31. The molecule has 0 aliphatic heterocycles. The van der Waals surface area contributed by atoms with Crippen molar-refractivity contribution >= 4 is 12.0 Å². The summed E-state index contributed by atoms with van der Waals surface area (Å²) < 4.78 is 5.23. The normalized spacial score (nSPS) is 10.8. The fourth-order valence-electron chi connectivity index (χ4n) is 0.828. The predicted octanol–water partition coefficient (Wildman–Crippen LogP) is 1.94. The van der Waals surface area contributed by atoms with Crippen LogP contribution < -0.4 is 0 Å². The van der Waals surface area contributed by atoms with Crippen molar-refractivity contribution in [1.29, 1.82) is 0 Å². The molecule has 1 heterocycles. The van der Waals surface area contributed by atoms with Crippen LogP contribution in [-0.4, -0.2) is 11.1 Å². The zero-order valence-corrected chi connectivity index (χ0v) is 6.78. The monoisotopic (exact) mass is 166 g/mol. The molecule has 0 aliphatic rings. The van der Waals surface area contributed by atoms with E-state index in [2.05, 4.69) is 0 Å². The van der Waals surface area contributed by atoms with Crippen LogP contribution in [0.1, 0.15) is 18.4 Å². The summed E-state index contributed by atoms with van der Waals surface area (Å²) in [4.78, 5) is 10.1. The summed E-state index contributed by atoms with van der Waals surface area (Å²) >= 11 is 0. The number of carboxylic acid groups (broad SMARTS) is 1. The second-order valence-electron chi connectivity index (χ2n) is 2.33. The molecule has 3 heteroatoms. The van der Waals surface area contributed by atoms with E-state index in [0.717, 1.165) is 18.3 Å². The average molecular weight is 166 g/mol. The Labute approximate surface area is 70.3 Å². The SMILES string of the molecule is CCc1ccc(/C=C\C(=O)O)o1. The van der Waals surface area contributed by atoms with E-state index in [1.54, 1.807) is 6.07 Å². The third-order valence-corrected chi connectivity index (χ3v) is 1.42. The molecule has 0 aliphatic carbocycles. The van der Waals surface area contributed by atoms with E-state index < -0.39 is 5.97 Å². The van der Waals surface area contributed by atoms with Crippen molar-refractivity contribution < 1.29 is 14.3 Å². The van der Waals surface area contributed by atoms with Gasteiger partial charge in [0.05, 0.1) is 0 Å². The minimum atomic E-state index is -0.968. The number of rotatable bonds is 3. The van der Waals surface area contributed by atoms with Crippen LogP contribution in [0.2, 0.25) is 0 Å². The Kier molecular flexibility index (Phi) is 2.69. The van der Waals surface area contributed by atoms with E-state index in [9.17, 15) is 4.79 Å². The van der Waals surface area contributed by atoms with Gasteiger partial charge in [-0.1, -0.05) is 6.92 Å². The maximum Gasteiger partial charge on any atom is 0.328 e. The predicted molar refractivity (Wildman–Crippen MR) is 44.8 cm³/mol. The van der Waals surface area contributed by atoms with Gasteiger partial charge in [-0.15, -0.1) is 0 Å². The summed E-state index contributed by atoms with van der Waals surface area (Å²) in [6, 6.07) is 3.58. The lowest BCUT2D eigenvalue weighted by Gasteiger charge is -1.85. The summed E-state index contributed by atoms with van der Waals surface area (Å²) in [7, 11) is 0. The van der Waals surface area contributed by atoms with Crippen molar-refractivity contribution in [2.75, 3.05) is 0 Å². The van der Waals surface area contributed by atoms with Gasteiger partial charge < -0.3 is 9.52 Å². The van der Waals surface area contributed by atoms with Crippen molar-refractivity contribution in [3.8, 4) is 0 Å². The highest BCUT2D eigenvalue weighted by molar-refractivity contribution is 5.84. The topological polar surface area (TPSA) is 50.4 Å². The molecule has 0 atom stereocenters. The summed E-state index contributed by atoms with van der Waals surface area (Å²) in [5.74, 6) is 0.471. The van der Waals surface area contributed by atoms with Gasteiger partial charge >= 0.3 is 5.97 Å². The van der Waals surface area contributed by atoms with Crippen LogP contribution in [0.5, 0.6) is 0 Å². The minimum Gasteiger partial charge on any atom is -0.478 e. The van der Waals surface area contributed by atoms with Crippen molar-refractivity contribution in [1.82, 2.24) is 0 Å². The Bertz CT molecular complexity index is 296. The molecule has 1 aromatic heterocycles. The molecule has 0 aromatic carbocycles. The molecule has 0 spiro atoms. The van der Waals surface area contributed by atoms with Crippen LogP contribution in [-0.2, 0) is 11.2 Å². The first-order valence-corrected chi connectivity index (χ1v) is 3.72. The van der Waals surface area contributed by atoms with Crippen LogP contribution in [0.4, 0.5) is 0 Å². The molecular weight excluding hydrogens is 156 g/mol. The maximum absolute atomic E-state index is 10.1. The third kappa shape index (κ3) is 2.27. The lowest BCUT2D eigenvalue weighted by atomic mass is 10.3. The fourth-order valence-corrected chi connectivity index (χ4v) is 0.828. The Morgan fingerprint density at radius 2 is 2.42 bits per heavy atom. The highest BCUT2D eigenvalue weighted by atomic mass is 16.4. The van der Waals surface area contributed by atoms with Gasteiger partial charge in [-0.25, -0.2) is 4.79 Å². The number of carboxylic acids is 1. The molecule has 0 fully saturated rings. The fraction of sp³-hybridized carbons (Fsp3) is 0.222.